The minimum Gasteiger partial charge on any atom is -0.376 e. The Morgan fingerprint density at radius 2 is 2.27 bits per heavy atom. The zero-order valence-corrected chi connectivity index (χ0v) is 15.3. The van der Waals surface area contributed by atoms with Crippen molar-refractivity contribution in [2.24, 2.45) is 0 Å². The molecular weight excluding hydrogens is 346 g/mol. The van der Waals surface area contributed by atoms with Crippen molar-refractivity contribution in [2.75, 3.05) is 12.4 Å². The number of nitriles is 1. The monoisotopic (exact) mass is 367 g/mol. The molecule has 1 unspecified atom stereocenters. The van der Waals surface area contributed by atoms with Crippen LogP contribution in [0.3, 0.4) is 0 Å². The number of rotatable bonds is 7. The van der Waals surface area contributed by atoms with Gasteiger partial charge in [0.2, 0.25) is 0 Å². The Hall–Kier alpha value is -2.30. The molecule has 6 nitrogen and oxygen atoms in total. The number of hydrogen-bond donors (Lipinski definition) is 1. The summed E-state index contributed by atoms with van der Waals surface area (Å²) in [4.78, 5) is 3.32. The van der Waals surface area contributed by atoms with Crippen LogP contribution in [-0.4, -0.2) is 38.2 Å². The first kappa shape index (κ1) is 17.1. The van der Waals surface area contributed by atoms with Gasteiger partial charge in [0, 0.05) is 41.4 Å². The molecule has 7 heteroatoms. The molecule has 0 amide bonds. The van der Waals surface area contributed by atoms with Crippen LogP contribution in [0.5, 0.6) is 0 Å². The number of nitrogens with one attached hydrogen (secondary N) is 1. The second kappa shape index (κ2) is 7.94. The van der Waals surface area contributed by atoms with Gasteiger partial charge in [-0.2, -0.15) is 5.26 Å². The average Bonchev–Trinajstić information content (AvgIpc) is 3.39. The molecule has 0 radical (unpaired) electrons. The lowest BCUT2D eigenvalue weighted by Gasteiger charge is -2.14. The van der Waals surface area contributed by atoms with Crippen molar-refractivity contribution in [1.29, 1.82) is 5.26 Å². The van der Waals surface area contributed by atoms with Crippen LogP contribution in [-0.2, 0) is 11.3 Å². The summed E-state index contributed by atoms with van der Waals surface area (Å²) in [6, 6.07) is 10.4. The van der Waals surface area contributed by atoms with Crippen LogP contribution in [0.4, 0.5) is 0 Å². The van der Waals surface area contributed by atoms with Gasteiger partial charge in [0.1, 0.15) is 0 Å². The van der Waals surface area contributed by atoms with Gasteiger partial charge in [-0.15, -0.1) is 10.2 Å². The lowest BCUT2D eigenvalue weighted by Crippen LogP contribution is -2.16. The molecule has 134 valence electrons. The normalized spacial score (nSPS) is 17.0. The highest BCUT2D eigenvalue weighted by Crippen LogP contribution is 2.31. The first-order chi connectivity index (χ1) is 12.9. The summed E-state index contributed by atoms with van der Waals surface area (Å²) < 4.78 is 8.03. The zero-order chi connectivity index (χ0) is 17.8. The molecule has 4 rings (SSSR count). The van der Waals surface area contributed by atoms with Crippen LogP contribution in [0.2, 0.25) is 0 Å². The molecule has 0 aliphatic carbocycles. The van der Waals surface area contributed by atoms with E-state index in [2.05, 4.69) is 38.0 Å². The third kappa shape index (κ3) is 3.48. The van der Waals surface area contributed by atoms with Crippen molar-refractivity contribution >= 4 is 22.7 Å². The smallest absolute Gasteiger partial charge is 0.191 e. The highest BCUT2D eigenvalue weighted by atomic mass is 32.2. The quantitative estimate of drug-likeness (QED) is 0.504. The van der Waals surface area contributed by atoms with E-state index in [4.69, 9.17) is 10.00 Å². The van der Waals surface area contributed by atoms with Crippen molar-refractivity contribution in [3.63, 3.8) is 0 Å². The van der Waals surface area contributed by atoms with E-state index in [1.807, 2.05) is 18.3 Å². The summed E-state index contributed by atoms with van der Waals surface area (Å²) in [5, 5.41) is 19.7. The highest BCUT2D eigenvalue weighted by molar-refractivity contribution is 7.99. The fourth-order valence-electron chi connectivity index (χ4n) is 3.32. The predicted molar refractivity (Wildman–Crippen MR) is 102 cm³/mol. The van der Waals surface area contributed by atoms with E-state index < -0.39 is 0 Å². The maximum absolute atomic E-state index is 8.73. The van der Waals surface area contributed by atoms with Crippen LogP contribution in [0.1, 0.15) is 25.7 Å². The molecular formula is C19H21N5OS. The summed E-state index contributed by atoms with van der Waals surface area (Å²) in [6.45, 7) is 1.60. The Morgan fingerprint density at radius 3 is 3.12 bits per heavy atom. The van der Waals surface area contributed by atoms with Crippen LogP contribution < -0.4 is 0 Å². The Kier molecular flexibility index (Phi) is 5.23. The van der Waals surface area contributed by atoms with Gasteiger partial charge in [-0.25, -0.2) is 0 Å². The largest absolute Gasteiger partial charge is 0.376 e. The van der Waals surface area contributed by atoms with Gasteiger partial charge >= 0.3 is 0 Å². The summed E-state index contributed by atoms with van der Waals surface area (Å²) >= 11 is 1.67. The van der Waals surface area contributed by atoms with E-state index in [0.29, 0.717) is 6.42 Å². The maximum Gasteiger partial charge on any atom is 0.191 e. The number of aromatic nitrogens is 4. The van der Waals surface area contributed by atoms with Crippen molar-refractivity contribution in [3.05, 3.63) is 30.5 Å². The van der Waals surface area contributed by atoms with Crippen molar-refractivity contribution in [3.8, 4) is 17.5 Å². The third-order valence-corrected chi connectivity index (χ3v) is 5.67. The second-order valence-electron chi connectivity index (χ2n) is 6.41. The number of hydrogen-bond acceptors (Lipinski definition) is 5. The van der Waals surface area contributed by atoms with E-state index in [1.165, 1.54) is 0 Å². The zero-order valence-electron chi connectivity index (χ0n) is 14.5. The van der Waals surface area contributed by atoms with Crippen molar-refractivity contribution < 1.29 is 4.74 Å². The van der Waals surface area contributed by atoms with Gasteiger partial charge in [0.15, 0.2) is 11.0 Å². The molecule has 1 aromatic carbocycles. The molecule has 1 aliphatic heterocycles. The second-order valence-corrected chi connectivity index (χ2v) is 7.47. The molecule has 1 N–H and O–H groups in total. The molecule has 1 atom stereocenters. The Balaban J connectivity index is 1.66. The number of H-pyrrole nitrogens is 1. The highest BCUT2D eigenvalue weighted by Gasteiger charge is 2.22. The topological polar surface area (TPSA) is 79.5 Å². The number of fused-ring (bicyclic) bond motifs is 1. The number of benzene rings is 1. The lowest BCUT2D eigenvalue weighted by atomic mass is 10.1. The van der Waals surface area contributed by atoms with E-state index in [9.17, 15) is 0 Å². The van der Waals surface area contributed by atoms with Gasteiger partial charge in [-0.3, -0.25) is 4.57 Å². The van der Waals surface area contributed by atoms with E-state index in [-0.39, 0.29) is 6.10 Å². The van der Waals surface area contributed by atoms with Crippen LogP contribution in [0, 0.1) is 11.3 Å². The fraction of sp³-hybridized carbons (Fsp3) is 0.421. The van der Waals surface area contributed by atoms with Gasteiger partial charge in [0.25, 0.3) is 0 Å². The number of aromatic amines is 1. The summed E-state index contributed by atoms with van der Waals surface area (Å²) in [7, 11) is 0. The molecule has 1 aliphatic rings. The summed E-state index contributed by atoms with van der Waals surface area (Å²) in [5.41, 5.74) is 2.16. The number of nitrogens with zero attached hydrogens (tertiary/aromatic N) is 4. The first-order valence-corrected chi connectivity index (χ1v) is 9.96. The van der Waals surface area contributed by atoms with Crippen LogP contribution in [0.25, 0.3) is 22.3 Å². The third-order valence-electron chi connectivity index (χ3n) is 4.62. The molecule has 0 spiro atoms. The van der Waals surface area contributed by atoms with E-state index >= 15 is 0 Å². The van der Waals surface area contributed by atoms with Crippen molar-refractivity contribution in [1.82, 2.24) is 19.7 Å². The molecule has 0 bridgehead atoms. The number of ether oxygens (including phenoxy) is 1. The van der Waals surface area contributed by atoms with E-state index in [0.717, 1.165) is 65.6 Å². The Labute approximate surface area is 156 Å². The van der Waals surface area contributed by atoms with Gasteiger partial charge in [-0.1, -0.05) is 30.0 Å². The standard InChI is InChI=1S/C19H21N5OS/c20-9-3-4-11-26-19-23-22-18(24(19)13-14-6-5-10-25-14)16-12-21-17-8-2-1-7-15(16)17/h1-2,7-8,12,14,21H,3-6,10-11,13H2. The lowest BCUT2D eigenvalue weighted by molar-refractivity contribution is 0.0953. The SMILES string of the molecule is N#CCCCSc1nnc(-c2c[nH]c3ccccc23)n1CC1CCCO1. The molecule has 3 aromatic rings. The number of thioether (sulfide) groups is 1. The molecule has 0 saturated carbocycles. The van der Waals surface area contributed by atoms with Crippen LogP contribution in [0.15, 0.2) is 35.6 Å². The molecule has 3 heterocycles. The Bertz CT molecular complexity index is 920. The maximum atomic E-state index is 8.73. The van der Waals surface area contributed by atoms with Gasteiger partial charge in [0.05, 0.1) is 18.7 Å². The molecule has 1 saturated heterocycles. The average molecular weight is 367 g/mol. The molecule has 2 aromatic heterocycles. The minimum absolute atomic E-state index is 0.216. The van der Waals surface area contributed by atoms with Gasteiger partial charge < -0.3 is 9.72 Å². The van der Waals surface area contributed by atoms with Crippen molar-refractivity contribution in [2.45, 2.75) is 43.5 Å². The molecule has 26 heavy (non-hydrogen) atoms. The number of unbranched alkanes of at least 4 members (excludes halogenated alkanes) is 1. The summed E-state index contributed by atoms with van der Waals surface area (Å²) in [6.07, 6.45) is 5.83. The predicted octanol–water partition coefficient (Wildman–Crippen LogP) is 4.00. The van der Waals surface area contributed by atoms with E-state index in [1.54, 1.807) is 11.8 Å². The molecule has 1 fully saturated rings. The first-order valence-electron chi connectivity index (χ1n) is 8.98. The van der Waals surface area contributed by atoms with Crippen LogP contribution >= 0.6 is 11.8 Å². The Morgan fingerprint density at radius 1 is 1.35 bits per heavy atom. The fourth-order valence-corrected chi connectivity index (χ4v) is 4.21. The summed E-state index contributed by atoms with van der Waals surface area (Å²) in [5.74, 6) is 1.74. The van der Waals surface area contributed by atoms with Gasteiger partial charge in [-0.05, 0) is 25.3 Å². The minimum atomic E-state index is 0.216. The number of para-hydroxylation sites is 1.